The molecule has 0 radical (unpaired) electrons. The summed E-state index contributed by atoms with van der Waals surface area (Å²) in [6.45, 7) is 0.876. The molecule has 1 aliphatic rings. The number of nitrogens with one attached hydrogen (secondary N) is 2. The van der Waals surface area contributed by atoms with E-state index in [9.17, 15) is 9.50 Å². The van der Waals surface area contributed by atoms with Gasteiger partial charge in [-0.2, -0.15) is 4.98 Å². The second kappa shape index (κ2) is 10.9. The Morgan fingerprint density at radius 3 is 2.42 bits per heavy atom. The van der Waals surface area contributed by atoms with Gasteiger partial charge in [-0.25, -0.2) is 9.37 Å². The second-order valence-corrected chi connectivity index (χ2v) is 9.14. The normalized spacial score (nSPS) is 19.4. The number of hydrogen-bond donors (Lipinski definition) is 3. The zero-order chi connectivity index (χ0) is 23.2. The van der Waals surface area contributed by atoms with Gasteiger partial charge in [-0.3, -0.25) is 0 Å². The zero-order valence-electron chi connectivity index (χ0n) is 19.5. The Kier molecular flexibility index (Phi) is 7.73. The van der Waals surface area contributed by atoms with Gasteiger partial charge in [0, 0.05) is 31.6 Å². The van der Waals surface area contributed by atoms with Gasteiger partial charge in [0.15, 0.2) is 0 Å². The smallest absolute Gasteiger partial charge is 0.225 e. The Bertz CT molecular complexity index is 1030. The highest BCUT2D eigenvalue weighted by Gasteiger charge is 2.22. The molecule has 3 aromatic rings. The minimum Gasteiger partial charge on any atom is -0.388 e. The van der Waals surface area contributed by atoms with Gasteiger partial charge in [-0.15, -0.1) is 0 Å². The highest BCUT2D eigenvalue weighted by molar-refractivity contribution is 5.90. The molecule has 0 aliphatic heterocycles. The van der Waals surface area contributed by atoms with Crippen molar-refractivity contribution < 1.29 is 9.50 Å². The van der Waals surface area contributed by atoms with Gasteiger partial charge in [-0.1, -0.05) is 24.3 Å². The fraction of sp³-hybridized carbons (Fsp3) is 0.462. The van der Waals surface area contributed by atoms with Crippen molar-refractivity contribution in [1.82, 2.24) is 15.3 Å². The number of nitrogens with zero attached hydrogens (tertiary/aromatic N) is 3. The van der Waals surface area contributed by atoms with E-state index in [1.54, 1.807) is 12.1 Å². The van der Waals surface area contributed by atoms with Crippen LogP contribution >= 0.6 is 0 Å². The average Bonchev–Trinajstić information content (AvgIpc) is 2.82. The van der Waals surface area contributed by atoms with E-state index < -0.39 is 6.10 Å². The van der Waals surface area contributed by atoms with Crippen molar-refractivity contribution in [3.63, 3.8) is 0 Å². The predicted molar refractivity (Wildman–Crippen MR) is 132 cm³/mol. The van der Waals surface area contributed by atoms with Crippen LogP contribution in [0.15, 0.2) is 48.5 Å². The zero-order valence-corrected chi connectivity index (χ0v) is 19.5. The van der Waals surface area contributed by atoms with E-state index in [0.717, 1.165) is 60.9 Å². The minimum atomic E-state index is -0.540. The van der Waals surface area contributed by atoms with Gasteiger partial charge in [0.05, 0.1) is 11.6 Å². The fourth-order valence-corrected chi connectivity index (χ4v) is 4.54. The van der Waals surface area contributed by atoms with Crippen LogP contribution in [0, 0.1) is 5.82 Å². The van der Waals surface area contributed by atoms with Crippen LogP contribution < -0.4 is 15.5 Å². The summed E-state index contributed by atoms with van der Waals surface area (Å²) < 4.78 is 13.0. The third-order valence-corrected chi connectivity index (χ3v) is 6.41. The minimum absolute atomic E-state index is 0.275. The van der Waals surface area contributed by atoms with Gasteiger partial charge in [0.1, 0.15) is 11.6 Å². The first kappa shape index (κ1) is 23.4. The summed E-state index contributed by atoms with van der Waals surface area (Å²) >= 11 is 0. The highest BCUT2D eigenvalue weighted by Crippen LogP contribution is 2.26. The molecule has 1 saturated carbocycles. The number of para-hydroxylation sites is 1. The highest BCUT2D eigenvalue weighted by atomic mass is 19.1. The van der Waals surface area contributed by atoms with Crippen LogP contribution in [0.25, 0.3) is 10.9 Å². The molecule has 2 aromatic carbocycles. The van der Waals surface area contributed by atoms with E-state index >= 15 is 0 Å². The summed E-state index contributed by atoms with van der Waals surface area (Å²) in [7, 11) is 4.02. The molecular weight excluding hydrogens is 417 g/mol. The van der Waals surface area contributed by atoms with E-state index in [4.69, 9.17) is 9.97 Å². The van der Waals surface area contributed by atoms with Crippen LogP contribution in [0.4, 0.5) is 16.2 Å². The standard InChI is InChI=1S/C26H34FN5O/c1-32(2)25-22-6-3-4-7-23(22)30-26(31-25)29-21-15-13-20(14-16-21)28-17-5-8-24(33)18-9-11-19(27)12-10-18/h3-4,6-7,9-12,20-21,24,28,33H,5,8,13-17H2,1-2H3,(H,29,30,31). The number of rotatable bonds is 9. The van der Waals surface area contributed by atoms with E-state index in [0.29, 0.717) is 24.5 Å². The molecule has 7 heteroatoms. The molecule has 1 aromatic heterocycles. The number of fused-ring (bicyclic) bond motifs is 1. The fourth-order valence-electron chi connectivity index (χ4n) is 4.54. The van der Waals surface area contributed by atoms with Crippen LogP contribution in [0.5, 0.6) is 0 Å². The van der Waals surface area contributed by atoms with E-state index in [2.05, 4.69) is 16.7 Å². The molecule has 6 nitrogen and oxygen atoms in total. The predicted octanol–water partition coefficient (Wildman–Crippen LogP) is 4.66. The summed E-state index contributed by atoms with van der Waals surface area (Å²) in [6, 6.07) is 15.1. The van der Waals surface area contributed by atoms with Crippen LogP contribution in [0.2, 0.25) is 0 Å². The van der Waals surface area contributed by atoms with Crippen molar-refractivity contribution in [2.75, 3.05) is 30.9 Å². The summed E-state index contributed by atoms with van der Waals surface area (Å²) in [4.78, 5) is 11.5. The number of halogens is 1. The maximum Gasteiger partial charge on any atom is 0.225 e. The van der Waals surface area contributed by atoms with Crippen molar-refractivity contribution in [3.05, 3.63) is 59.9 Å². The molecule has 33 heavy (non-hydrogen) atoms. The van der Waals surface area contributed by atoms with Gasteiger partial charge < -0.3 is 20.6 Å². The molecule has 0 spiro atoms. The van der Waals surface area contributed by atoms with Gasteiger partial charge in [0.25, 0.3) is 0 Å². The van der Waals surface area contributed by atoms with E-state index in [1.807, 2.05) is 37.2 Å². The number of hydrogen-bond acceptors (Lipinski definition) is 6. The monoisotopic (exact) mass is 451 g/mol. The van der Waals surface area contributed by atoms with Crippen molar-refractivity contribution in [3.8, 4) is 0 Å². The molecule has 0 saturated heterocycles. The molecule has 0 bridgehead atoms. The number of aliphatic hydroxyl groups is 1. The van der Waals surface area contributed by atoms with Crippen molar-refractivity contribution in [2.24, 2.45) is 0 Å². The Morgan fingerprint density at radius 1 is 1.00 bits per heavy atom. The van der Waals surface area contributed by atoms with Crippen molar-refractivity contribution in [1.29, 1.82) is 0 Å². The Labute approximate surface area is 195 Å². The molecule has 1 fully saturated rings. The number of anilines is 2. The molecule has 3 N–H and O–H groups in total. The molecule has 176 valence electrons. The molecule has 1 heterocycles. The Hall–Kier alpha value is -2.77. The lowest BCUT2D eigenvalue weighted by molar-refractivity contribution is 0.163. The van der Waals surface area contributed by atoms with Gasteiger partial charge >= 0.3 is 0 Å². The number of benzene rings is 2. The molecule has 4 rings (SSSR count). The summed E-state index contributed by atoms with van der Waals surface area (Å²) in [5.74, 6) is 1.35. The van der Waals surface area contributed by atoms with Crippen molar-refractivity contribution >= 4 is 22.7 Å². The average molecular weight is 452 g/mol. The first-order chi connectivity index (χ1) is 16.0. The van der Waals surface area contributed by atoms with Gasteiger partial charge in [0.2, 0.25) is 5.95 Å². The molecule has 1 aliphatic carbocycles. The van der Waals surface area contributed by atoms with Crippen LogP contribution in [-0.2, 0) is 0 Å². The number of aliphatic hydroxyl groups excluding tert-OH is 1. The third kappa shape index (κ3) is 6.18. The Morgan fingerprint density at radius 2 is 1.70 bits per heavy atom. The lowest BCUT2D eigenvalue weighted by Gasteiger charge is -2.30. The molecule has 1 atom stereocenters. The van der Waals surface area contributed by atoms with E-state index in [1.165, 1.54) is 12.1 Å². The quantitative estimate of drug-likeness (QED) is 0.411. The van der Waals surface area contributed by atoms with E-state index in [-0.39, 0.29) is 5.82 Å². The third-order valence-electron chi connectivity index (χ3n) is 6.41. The summed E-state index contributed by atoms with van der Waals surface area (Å²) in [5.41, 5.74) is 1.73. The molecular formula is C26H34FN5O. The van der Waals surface area contributed by atoms with Crippen LogP contribution in [0.3, 0.4) is 0 Å². The molecule has 1 unspecified atom stereocenters. The SMILES string of the molecule is CN(C)c1nc(NC2CCC(NCCCC(O)c3ccc(F)cc3)CC2)nc2ccccc12. The first-order valence-electron chi connectivity index (χ1n) is 11.9. The number of aromatic nitrogens is 2. The topological polar surface area (TPSA) is 73.3 Å². The summed E-state index contributed by atoms with van der Waals surface area (Å²) in [5, 5.41) is 18.5. The van der Waals surface area contributed by atoms with Gasteiger partial charge in [-0.05, 0) is 74.9 Å². The maximum absolute atomic E-state index is 13.0. The second-order valence-electron chi connectivity index (χ2n) is 9.14. The largest absolute Gasteiger partial charge is 0.388 e. The Balaban J connectivity index is 1.21. The maximum atomic E-state index is 13.0. The van der Waals surface area contributed by atoms with Crippen molar-refractivity contribution in [2.45, 2.75) is 56.7 Å². The first-order valence-corrected chi connectivity index (χ1v) is 11.9. The van der Waals surface area contributed by atoms with Crippen LogP contribution in [0.1, 0.15) is 50.2 Å². The lowest BCUT2D eigenvalue weighted by Crippen LogP contribution is -2.37. The molecule has 0 amide bonds. The van der Waals surface area contributed by atoms with Crippen LogP contribution in [-0.4, -0.2) is 47.8 Å². The summed E-state index contributed by atoms with van der Waals surface area (Å²) in [6.07, 6.45) is 5.37. The lowest BCUT2D eigenvalue weighted by atomic mass is 9.91.